The van der Waals surface area contributed by atoms with Crippen molar-refractivity contribution in [2.75, 3.05) is 19.6 Å². The van der Waals surface area contributed by atoms with Crippen LogP contribution < -0.4 is 0 Å². The van der Waals surface area contributed by atoms with Gasteiger partial charge in [0, 0.05) is 29.9 Å². The maximum absolute atomic E-state index is 9.84. The van der Waals surface area contributed by atoms with Gasteiger partial charge in [0.25, 0.3) is 0 Å². The quantitative estimate of drug-likeness (QED) is 0.866. The van der Waals surface area contributed by atoms with E-state index in [2.05, 4.69) is 16.8 Å². The Balaban J connectivity index is 2.03. The van der Waals surface area contributed by atoms with Gasteiger partial charge >= 0.3 is 0 Å². The van der Waals surface area contributed by atoms with E-state index < -0.39 is 0 Å². The average molecular weight is 301 g/mol. The van der Waals surface area contributed by atoms with Crippen molar-refractivity contribution in [3.8, 4) is 5.75 Å². The number of hydrogen-bond donors (Lipinski definition) is 1. The van der Waals surface area contributed by atoms with Gasteiger partial charge in [-0.15, -0.1) is 0 Å². The van der Waals surface area contributed by atoms with Crippen molar-refractivity contribution in [2.45, 2.75) is 25.8 Å². The molecule has 0 aromatic heterocycles. The molecule has 1 N–H and O–H groups in total. The predicted octanol–water partition coefficient (Wildman–Crippen LogP) is 3.60. The molecule has 0 spiro atoms. The second-order valence-electron chi connectivity index (χ2n) is 4.77. The minimum Gasteiger partial charge on any atom is -0.506 e. The van der Waals surface area contributed by atoms with Gasteiger partial charge in [-0.1, -0.05) is 30.1 Å². The first-order valence-corrected chi connectivity index (χ1v) is 7.29. The summed E-state index contributed by atoms with van der Waals surface area (Å²) in [6, 6.07) is 3.52. The number of phenols is 1. The number of aromatic hydroxyl groups is 1. The first-order valence-electron chi connectivity index (χ1n) is 6.53. The van der Waals surface area contributed by atoms with Gasteiger partial charge in [-0.25, -0.2) is 0 Å². The summed E-state index contributed by atoms with van der Waals surface area (Å²) in [5, 5.41) is 10.6. The molecule has 0 bridgehead atoms. The Morgan fingerprint density at radius 1 is 1.37 bits per heavy atom. The lowest BCUT2D eigenvalue weighted by Crippen LogP contribution is -2.35. The number of piperidine rings is 1. The average Bonchev–Trinajstić information content (AvgIpc) is 2.41. The highest BCUT2D eigenvalue weighted by atomic mass is 35.5. The van der Waals surface area contributed by atoms with Gasteiger partial charge in [-0.3, -0.25) is 4.99 Å². The minimum atomic E-state index is 0.0424. The molecular formula is C14H18Cl2N2O. The van der Waals surface area contributed by atoms with E-state index >= 15 is 0 Å². The number of likely N-dealkylation sites (tertiary alicyclic amines) is 1. The van der Waals surface area contributed by atoms with Crippen molar-refractivity contribution in [2.24, 2.45) is 4.99 Å². The largest absolute Gasteiger partial charge is 0.506 e. The van der Waals surface area contributed by atoms with Crippen molar-refractivity contribution in [1.29, 1.82) is 0 Å². The molecule has 1 aromatic carbocycles. The Hall–Kier alpha value is -0.770. The summed E-state index contributed by atoms with van der Waals surface area (Å²) in [4.78, 5) is 6.95. The van der Waals surface area contributed by atoms with Gasteiger partial charge in [0.1, 0.15) is 5.75 Å². The van der Waals surface area contributed by atoms with E-state index in [9.17, 15) is 5.11 Å². The molecule has 1 aliphatic rings. The molecule has 19 heavy (non-hydrogen) atoms. The van der Waals surface area contributed by atoms with Crippen molar-refractivity contribution < 1.29 is 5.11 Å². The lowest BCUT2D eigenvalue weighted by molar-refractivity contribution is 0.224. The monoisotopic (exact) mass is 300 g/mol. The predicted molar refractivity (Wildman–Crippen MR) is 80.9 cm³/mol. The molecule has 0 unspecified atom stereocenters. The third kappa shape index (κ3) is 3.85. The summed E-state index contributed by atoms with van der Waals surface area (Å²) in [7, 11) is 0. The summed E-state index contributed by atoms with van der Waals surface area (Å²) in [6.45, 7) is 5.44. The van der Waals surface area contributed by atoms with Crippen LogP contribution >= 0.6 is 23.2 Å². The van der Waals surface area contributed by atoms with Crippen LogP contribution in [-0.2, 0) is 0 Å². The summed E-state index contributed by atoms with van der Waals surface area (Å²) in [5.41, 5.74) is 0.579. The summed E-state index contributed by atoms with van der Waals surface area (Å²) >= 11 is 11.8. The van der Waals surface area contributed by atoms with E-state index in [0.29, 0.717) is 16.6 Å². The Labute approximate surface area is 123 Å². The van der Waals surface area contributed by atoms with E-state index in [0.717, 1.165) is 32.5 Å². The summed E-state index contributed by atoms with van der Waals surface area (Å²) in [6.07, 6.45) is 3.79. The zero-order valence-electron chi connectivity index (χ0n) is 10.9. The van der Waals surface area contributed by atoms with E-state index in [1.165, 1.54) is 6.07 Å². The Kier molecular flexibility index (Phi) is 5.08. The molecular weight excluding hydrogens is 283 g/mol. The highest BCUT2D eigenvalue weighted by molar-refractivity contribution is 6.36. The second kappa shape index (κ2) is 6.60. The van der Waals surface area contributed by atoms with Crippen LogP contribution in [0.4, 0.5) is 0 Å². The fourth-order valence-corrected chi connectivity index (χ4v) is 2.76. The van der Waals surface area contributed by atoms with Crippen LogP contribution in [0.3, 0.4) is 0 Å². The maximum atomic E-state index is 9.84. The van der Waals surface area contributed by atoms with Crippen molar-refractivity contribution in [3.63, 3.8) is 0 Å². The molecule has 1 heterocycles. The van der Waals surface area contributed by atoms with Crippen molar-refractivity contribution in [1.82, 2.24) is 4.90 Å². The highest BCUT2D eigenvalue weighted by Crippen LogP contribution is 2.30. The van der Waals surface area contributed by atoms with Gasteiger partial charge in [-0.2, -0.15) is 0 Å². The fourth-order valence-electron chi connectivity index (χ4n) is 2.25. The van der Waals surface area contributed by atoms with Crippen LogP contribution in [-0.4, -0.2) is 41.9 Å². The molecule has 0 radical (unpaired) electrons. The van der Waals surface area contributed by atoms with Gasteiger partial charge in [0.2, 0.25) is 0 Å². The van der Waals surface area contributed by atoms with Crippen LogP contribution in [0.25, 0.3) is 0 Å². The number of halogens is 2. The van der Waals surface area contributed by atoms with E-state index in [-0.39, 0.29) is 10.8 Å². The number of nitrogens with zero attached hydrogens (tertiary/aromatic N) is 2. The molecule has 0 atom stereocenters. The van der Waals surface area contributed by atoms with Gasteiger partial charge in [0.05, 0.1) is 11.1 Å². The fraction of sp³-hybridized carbons (Fsp3) is 0.500. The van der Waals surface area contributed by atoms with E-state index in [1.807, 2.05) is 0 Å². The first kappa shape index (κ1) is 14.6. The Morgan fingerprint density at radius 2 is 2.05 bits per heavy atom. The molecule has 0 aliphatic carbocycles. The molecule has 1 aliphatic heterocycles. The standard InChI is InChI=1S/C14H18Cl2N2O/c1-2-18-5-3-12(4-6-18)17-9-10-7-11(15)8-13(16)14(10)19/h7-9,12,19H,2-6H2,1H3. The maximum Gasteiger partial charge on any atom is 0.143 e. The molecule has 0 saturated carbocycles. The number of rotatable bonds is 3. The molecule has 104 valence electrons. The Bertz CT molecular complexity index is 469. The lowest BCUT2D eigenvalue weighted by atomic mass is 10.1. The van der Waals surface area contributed by atoms with E-state index in [1.54, 1.807) is 12.3 Å². The van der Waals surface area contributed by atoms with E-state index in [4.69, 9.17) is 23.2 Å². The van der Waals surface area contributed by atoms with Crippen LogP contribution in [0.15, 0.2) is 17.1 Å². The minimum absolute atomic E-state index is 0.0424. The first-order chi connectivity index (χ1) is 9.10. The zero-order chi connectivity index (χ0) is 13.8. The second-order valence-corrected chi connectivity index (χ2v) is 5.61. The zero-order valence-corrected chi connectivity index (χ0v) is 12.5. The van der Waals surface area contributed by atoms with Crippen LogP contribution in [0.2, 0.25) is 10.0 Å². The summed E-state index contributed by atoms with van der Waals surface area (Å²) < 4.78 is 0. The molecule has 1 saturated heterocycles. The van der Waals surface area contributed by atoms with Gasteiger partial charge in [0.15, 0.2) is 0 Å². The normalized spacial score (nSPS) is 18.3. The lowest BCUT2D eigenvalue weighted by Gasteiger charge is -2.28. The Morgan fingerprint density at radius 3 is 2.68 bits per heavy atom. The molecule has 1 fully saturated rings. The van der Waals surface area contributed by atoms with Crippen LogP contribution in [0, 0.1) is 0 Å². The molecule has 0 amide bonds. The number of aliphatic imine (C=N–C) groups is 1. The molecule has 3 nitrogen and oxygen atoms in total. The topological polar surface area (TPSA) is 35.8 Å². The highest BCUT2D eigenvalue weighted by Gasteiger charge is 2.16. The molecule has 2 rings (SSSR count). The number of benzene rings is 1. The van der Waals surface area contributed by atoms with Gasteiger partial charge in [-0.05, 0) is 31.5 Å². The molecule has 1 aromatic rings. The summed E-state index contributed by atoms with van der Waals surface area (Å²) in [5.74, 6) is 0.0424. The van der Waals surface area contributed by atoms with Gasteiger partial charge < -0.3 is 10.0 Å². The SMILES string of the molecule is CCN1CCC(N=Cc2cc(Cl)cc(Cl)c2O)CC1. The number of phenolic OH excluding ortho intramolecular Hbond substituents is 1. The number of hydrogen-bond acceptors (Lipinski definition) is 3. The van der Waals surface area contributed by atoms with Crippen molar-refractivity contribution in [3.05, 3.63) is 27.7 Å². The third-order valence-corrected chi connectivity index (χ3v) is 3.99. The van der Waals surface area contributed by atoms with Crippen LogP contribution in [0.5, 0.6) is 5.75 Å². The molecule has 5 heteroatoms. The third-order valence-electron chi connectivity index (χ3n) is 3.49. The smallest absolute Gasteiger partial charge is 0.143 e. The van der Waals surface area contributed by atoms with Crippen LogP contribution in [0.1, 0.15) is 25.3 Å². The van der Waals surface area contributed by atoms with Crippen molar-refractivity contribution >= 4 is 29.4 Å².